The Kier molecular flexibility index (Phi) is 8.06. The number of nitrogens with two attached hydrogens (primary N) is 1. The number of rotatable bonds is 6. The molecule has 0 amide bonds. The molecule has 1 heterocycles. The average molecular weight is 486 g/mol. The van der Waals surface area contributed by atoms with Crippen molar-refractivity contribution < 1.29 is 51.6 Å². The standard InChI is InChI=1S/C19H17FN2O5.C2HF3O2/c1-25-15-8-13(14(20)9-16(15)26-2)17(19(23)24)27-11-3-4-12-10(7-11)5-6-22-18(12)21;3-2(4,5)1(6)7/h3-9,17H,1-2H3,(H2,21,22)(H,23,24);(H,6,7). The molecule has 0 saturated heterocycles. The predicted molar refractivity (Wildman–Crippen MR) is 110 cm³/mol. The molecule has 0 fully saturated rings. The van der Waals surface area contributed by atoms with Crippen LogP contribution >= 0.6 is 0 Å². The third-order valence-electron chi connectivity index (χ3n) is 4.27. The van der Waals surface area contributed by atoms with Gasteiger partial charge in [-0.25, -0.2) is 19.0 Å². The number of carboxylic acid groups (broad SMARTS) is 2. The van der Waals surface area contributed by atoms with E-state index in [4.69, 9.17) is 29.8 Å². The van der Waals surface area contributed by atoms with E-state index in [9.17, 15) is 27.5 Å². The van der Waals surface area contributed by atoms with Crippen molar-refractivity contribution in [3.8, 4) is 17.2 Å². The first-order chi connectivity index (χ1) is 15.9. The van der Waals surface area contributed by atoms with Gasteiger partial charge in [0.1, 0.15) is 17.4 Å². The number of anilines is 1. The Labute approximate surface area is 189 Å². The Morgan fingerprint density at radius 2 is 1.62 bits per heavy atom. The number of halogens is 4. The molecule has 3 aromatic rings. The molecule has 0 spiro atoms. The van der Waals surface area contributed by atoms with Gasteiger partial charge in [-0.15, -0.1) is 0 Å². The van der Waals surface area contributed by atoms with Crippen LogP contribution in [0.5, 0.6) is 17.2 Å². The van der Waals surface area contributed by atoms with Gasteiger partial charge in [-0.05, 0) is 35.7 Å². The highest BCUT2D eigenvalue weighted by Gasteiger charge is 2.38. The molecular formula is C21H18F4N2O7. The number of nitrogens with zero attached hydrogens (tertiary/aromatic N) is 1. The van der Waals surface area contributed by atoms with Gasteiger partial charge in [-0.1, -0.05) is 0 Å². The van der Waals surface area contributed by atoms with Crippen LogP contribution in [0.1, 0.15) is 11.7 Å². The van der Waals surface area contributed by atoms with Crippen molar-refractivity contribution in [3.05, 3.63) is 54.0 Å². The van der Waals surface area contributed by atoms with E-state index >= 15 is 0 Å². The van der Waals surface area contributed by atoms with Gasteiger partial charge in [0.25, 0.3) is 0 Å². The highest BCUT2D eigenvalue weighted by molar-refractivity contribution is 5.91. The van der Waals surface area contributed by atoms with Gasteiger partial charge >= 0.3 is 18.1 Å². The first-order valence-corrected chi connectivity index (χ1v) is 9.14. The van der Waals surface area contributed by atoms with Crippen molar-refractivity contribution in [1.29, 1.82) is 0 Å². The molecule has 0 saturated carbocycles. The summed E-state index contributed by atoms with van der Waals surface area (Å²) in [7, 11) is 2.73. The summed E-state index contributed by atoms with van der Waals surface area (Å²) in [5.74, 6) is -3.95. The molecule has 9 nitrogen and oxygen atoms in total. The van der Waals surface area contributed by atoms with Crippen LogP contribution in [0.2, 0.25) is 0 Å². The van der Waals surface area contributed by atoms with Gasteiger partial charge in [-0.3, -0.25) is 0 Å². The topological polar surface area (TPSA) is 141 Å². The maximum Gasteiger partial charge on any atom is 0.490 e. The number of pyridine rings is 1. The van der Waals surface area contributed by atoms with E-state index in [0.717, 1.165) is 11.5 Å². The summed E-state index contributed by atoms with van der Waals surface area (Å²) >= 11 is 0. The van der Waals surface area contributed by atoms with Crippen molar-refractivity contribution in [2.24, 2.45) is 0 Å². The predicted octanol–water partition coefficient (Wildman–Crippen LogP) is 3.81. The fourth-order valence-electron chi connectivity index (χ4n) is 2.71. The number of ether oxygens (including phenoxy) is 3. The van der Waals surface area contributed by atoms with Gasteiger partial charge in [0.2, 0.25) is 6.10 Å². The molecule has 0 bridgehead atoms. The number of hydrogen-bond acceptors (Lipinski definition) is 7. The average Bonchev–Trinajstić information content (AvgIpc) is 2.77. The molecule has 13 heteroatoms. The molecule has 2 aromatic carbocycles. The molecule has 0 radical (unpaired) electrons. The summed E-state index contributed by atoms with van der Waals surface area (Å²) in [5, 5.41) is 18.1. The lowest BCUT2D eigenvalue weighted by Crippen LogP contribution is -2.21. The number of benzene rings is 2. The van der Waals surface area contributed by atoms with E-state index in [0.29, 0.717) is 11.2 Å². The highest BCUT2D eigenvalue weighted by atomic mass is 19.4. The molecule has 3 rings (SSSR count). The second-order valence-electron chi connectivity index (χ2n) is 6.45. The molecule has 1 unspecified atom stereocenters. The van der Waals surface area contributed by atoms with Crippen molar-refractivity contribution in [2.75, 3.05) is 20.0 Å². The minimum absolute atomic E-state index is 0.150. The van der Waals surface area contributed by atoms with E-state index in [1.165, 1.54) is 26.5 Å². The van der Waals surface area contributed by atoms with Crippen LogP contribution in [0.25, 0.3) is 10.8 Å². The normalized spacial score (nSPS) is 11.7. The zero-order chi connectivity index (χ0) is 25.6. The quantitative estimate of drug-likeness (QED) is 0.444. The van der Waals surface area contributed by atoms with Crippen molar-refractivity contribution in [1.82, 2.24) is 4.98 Å². The Bertz CT molecular complexity index is 1200. The van der Waals surface area contributed by atoms with Crippen LogP contribution in [-0.4, -0.2) is 47.5 Å². The molecule has 1 aromatic heterocycles. The highest BCUT2D eigenvalue weighted by Crippen LogP contribution is 2.35. The number of aromatic nitrogens is 1. The Hall–Kier alpha value is -4.29. The maximum absolute atomic E-state index is 14.5. The summed E-state index contributed by atoms with van der Waals surface area (Å²) in [6, 6.07) is 8.84. The maximum atomic E-state index is 14.5. The third kappa shape index (κ3) is 6.15. The van der Waals surface area contributed by atoms with Gasteiger partial charge in [-0.2, -0.15) is 13.2 Å². The Morgan fingerprint density at radius 1 is 1.03 bits per heavy atom. The van der Waals surface area contributed by atoms with Gasteiger partial charge < -0.3 is 30.2 Å². The van der Waals surface area contributed by atoms with Crippen LogP contribution in [0.4, 0.5) is 23.4 Å². The first-order valence-electron chi connectivity index (χ1n) is 9.14. The molecule has 0 aliphatic heterocycles. The van der Waals surface area contributed by atoms with Crippen LogP contribution in [0.15, 0.2) is 42.6 Å². The zero-order valence-corrected chi connectivity index (χ0v) is 17.6. The number of fused-ring (bicyclic) bond motifs is 1. The van der Waals surface area contributed by atoms with Crippen LogP contribution in [0.3, 0.4) is 0 Å². The summed E-state index contributed by atoms with van der Waals surface area (Å²) < 4.78 is 61.9. The van der Waals surface area contributed by atoms with Crippen molar-refractivity contribution >= 4 is 28.5 Å². The molecule has 0 aliphatic rings. The molecule has 4 N–H and O–H groups in total. The molecule has 0 aliphatic carbocycles. The second kappa shape index (κ2) is 10.6. The molecule has 182 valence electrons. The Morgan fingerprint density at radius 3 is 2.15 bits per heavy atom. The number of carboxylic acids is 2. The third-order valence-corrected chi connectivity index (χ3v) is 4.27. The minimum Gasteiger partial charge on any atom is -0.493 e. The minimum atomic E-state index is -5.08. The number of carbonyl (C=O) groups is 2. The first kappa shape index (κ1) is 26.0. The van der Waals surface area contributed by atoms with Gasteiger partial charge in [0.05, 0.1) is 14.2 Å². The second-order valence-corrected chi connectivity index (χ2v) is 6.45. The number of methoxy groups -OCH3 is 2. The number of aliphatic carboxylic acids is 2. The lowest BCUT2D eigenvalue weighted by atomic mass is 10.1. The smallest absolute Gasteiger partial charge is 0.490 e. The largest absolute Gasteiger partial charge is 0.493 e. The molecule has 34 heavy (non-hydrogen) atoms. The van der Waals surface area contributed by atoms with Crippen LogP contribution in [-0.2, 0) is 9.59 Å². The van der Waals surface area contributed by atoms with Crippen molar-refractivity contribution in [2.45, 2.75) is 12.3 Å². The van der Waals surface area contributed by atoms with E-state index in [1.807, 2.05) is 0 Å². The summed E-state index contributed by atoms with van der Waals surface area (Å²) in [4.78, 5) is 24.6. The monoisotopic (exact) mass is 486 g/mol. The van der Waals surface area contributed by atoms with E-state index < -0.39 is 30.0 Å². The zero-order valence-electron chi connectivity index (χ0n) is 17.6. The molecule has 1 atom stereocenters. The van der Waals surface area contributed by atoms with E-state index in [2.05, 4.69) is 4.98 Å². The van der Waals surface area contributed by atoms with Crippen molar-refractivity contribution in [3.63, 3.8) is 0 Å². The summed E-state index contributed by atoms with van der Waals surface area (Å²) in [6.45, 7) is 0. The number of hydrogen-bond donors (Lipinski definition) is 3. The van der Waals surface area contributed by atoms with Crippen LogP contribution < -0.4 is 19.9 Å². The van der Waals surface area contributed by atoms with E-state index in [1.54, 1.807) is 24.3 Å². The lowest BCUT2D eigenvalue weighted by molar-refractivity contribution is -0.192. The van der Waals surface area contributed by atoms with Gasteiger partial charge in [0.15, 0.2) is 11.5 Å². The summed E-state index contributed by atoms with van der Waals surface area (Å²) in [6.07, 6.45) is -5.13. The summed E-state index contributed by atoms with van der Waals surface area (Å²) in [5.41, 5.74) is 5.62. The van der Waals surface area contributed by atoms with Crippen LogP contribution in [0, 0.1) is 5.82 Å². The number of alkyl halides is 3. The fourth-order valence-corrected chi connectivity index (χ4v) is 2.71. The number of nitrogen functional groups attached to an aromatic ring is 1. The molecular weight excluding hydrogens is 468 g/mol. The lowest BCUT2D eigenvalue weighted by Gasteiger charge is -2.18. The van der Waals surface area contributed by atoms with Gasteiger partial charge in [0, 0.05) is 23.2 Å². The Balaban J connectivity index is 0.000000509. The fraction of sp³-hybridized carbons (Fsp3) is 0.190. The SMILES string of the molecule is COc1cc(F)c(C(Oc2ccc3c(N)nccc3c2)C(=O)O)cc1OC.O=C(O)C(F)(F)F. The van der Waals surface area contributed by atoms with E-state index in [-0.39, 0.29) is 22.8 Å².